The molecule has 0 saturated heterocycles. The average molecular weight is 737 g/mol. The monoisotopic (exact) mass is 736 g/mol. The van der Waals surface area contributed by atoms with Gasteiger partial charge in [-0.2, -0.15) is 0 Å². The fourth-order valence-electron chi connectivity index (χ4n) is 9.65. The van der Waals surface area contributed by atoms with Gasteiger partial charge in [0.05, 0.1) is 38.8 Å². The molecule has 268 valence electrons. The molecule has 0 fully saturated rings. The number of fused-ring (bicyclic) bond motifs is 13. The van der Waals surface area contributed by atoms with Gasteiger partial charge in [0.25, 0.3) is 0 Å². The molecule has 0 N–H and O–H groups in total. The van der Waals surface area contributed by atoms with Gasteiger partial charge < -0.3 is 4.57 Å². The first kappa shape index (κ1) is 31.4. The lowest BCUT2D eigenvalue weighted by atomic mass is 9.99. The maximum absolute atomic E-state index is 5.45. The van der Waals surface area contributed by atoms with Gasteiger partial charge in [-0.05, 0) is 92.3 Å². The van der Waals surface area contributed by atoms with Crippen molar-refractivity contribution in [3.05, 3.63) is 194 Å². The van der Waals surface area contributed by atoms with Crippen molar-refractivity contribution in [3.8, 4) is 22.8 Å². The number of aromatic nitrogens is 4. The molecule has 0 unspecified atom stereocenters. The number of hydrogen-bond donors (Lipinski definition) is 0. The van der Waals surface area contributed by atoms with Gasteiger partial charge in [0.15, 0.2) is 5.82 Å². The van der Waals surface area contributed by atoms with E-state index in [-0.39, 0.29) is 0 Å². The van der Waals surface area contributed by atoms with Gasteiger partial charge in [-0.25, -0.2) is 9.97 Å². The van der Waals surface area contributed by atoms with Crippen LogP contribution < -0.4 is 0 Å². The quantitative estimate of drug-likeness (QED) is 0.169. The topological polar surface area (TPSA) is 35.6 Å². The fourth-order valence-corrected chi connectivity index (χ4v) is 9.65. The second kappa shape index (κ2) is 11.8. The van der Waals surface area contributed by atoms with Crippen LogP contribution in [0.3, 0.4) is 0 Å². The van der Waals surface area contributed by atoms with Crippen LogP contribution in [0.5, 0.6) is 0 Å². The largest absolute Gasteiger partial charge is 0.309 e. The van der Waals surface area contributed by atoms with Gasteiger partial charge in [-0.3, -0.25) is 4.57 Å². The zero-order valence-electron chi connectivity index (χ0n) is 31.3. The van der Waals surface area contributed by atoms with Crippen LogP contribution >= 0.6 is 0 Å². The Hall–Kier alpha value is -7.82. The van der Waals surface area contributed by atoms with Crippen molar-refractivity contribution in [2.75, 3.05) is 0 Å². The summed E-state index contributed by atoms with van der Waals surface area (Å²) in [6.45, 7) is 0. The van der Waals surface area contributed by atoms with Gasteiger partial charge in [0, 0.05) is 32.5 Å². The van der Waals surface area contributed by atoms with Crippen LogP contribution in [0.15, 0.2) is 194 Å². The Bertz CT molecular complexity index is 3870. The standard InChI is InChI=1S/C54H32N4/c1-3-15-38-33(12-1)24-25-36-30-37(26-28-39(36)38)53-54(56-46-20-8-7-19-45(46)55-53)58-47-21-9-5-17-41(47)44-32-43-35(31-51(44)58)14-11-23-49(43)57-48-22-10-6-18-42(48)52-40-16-4-2-13-34(40)27-29-50(52)57/h1-32H. The average Bonchev–Trinajstić information content (AvgIpc) is 3.80. The lowest BCUT2D eigenvalue weighted by molar-refractivity contribution is 1.08. The second-order valence-electron chi connectivity index (χ2n) is 15.4. The molecule has 0 saturated carbocycles. The van der Waals surface area contributed by atoms with Gasteiger partial charge >= 0.3 is 0 Å². The summed E-state index contributed by atoms with van der Waals surface area (Å²) in [5, 5.41) is 14.7. The van der Waals surface area contributed by atoms with E-state index in [0.29, 0.717) is 0 Å². The molecule has 0 aliphatic carbocycles. The zero-order chi connectivity index (χ0) is 37.9. The van der Waals surface area contributed by atoms with E-state index < -0.39 is 0 Å². The molecule has 3 aromatic heterocycles. The minimum absolute atomic E-state index is 0.815. The van der Waals surface area contributed by atoms with E-state index >= 15 is 0 Å². The molecule has 0 radical (unpaired) electrons. The van der Waals surface area contributed by atoms with Crippen LogP contribution in [0.1, 0.15) is 0 Å². The molecular formula is C54H32N4. The lowest BCUT2D eigenvalue weighted by Gasteiger charge is -2.15. The first-order chi connectivity index (χ1) is 28.8. The third-order valence-electron chi connectivity index (χ3n) is 12.2. The predicted octanol–water partition coefficient (Wildman–Crippen LogP) is 14.1. The first-order valence-electron chi connectivity index (χ1n) is 19.8. The van der Waals surface area contributed by atoms with Crippen LogP contribution in [0.25, 0.3) is 120 Å². The highest BCUT2D eigenvalue weighted by molar-refractivity contribution is 6.22. The molecule has 0 bridgehead atoms. The molecule has 13 rings (SSSR count). The minimum Gasteiger partial charge on any atom is -0.309 e. The van der Waals surface area contributed by atoms with Crippen molar-refractivity contribution in [3.63, 3.8) is 0 Å². The highest BCUT2D eigenvalue weighted by Crippen LogP contribution is 2.42. The predicted molar refractivity (Wildman–Crippen MR) is 244 cm³/mol. The van der Waals surface area contributed by atoms with Crippen LogP contribution in [-0.4, -0.2) is 19.1 Å². The van der Waals surface area contributed by atoms with Gasteiger partial charge in [-0.1, -0.05) is 140 Å². The zero-order valence-corrected chi connectivity index (χ0v) is 31.3. The van der Waals surface area contributed by atoms with Crippen molar-refractivity contribution >= 4 is 97.7 Å². The first-order valence-corrected chi connectivity index (χ1v) is 19.8. The summed E-state index contributed by atoms with van der Waals surface area (Å²) in [5.41, 5.74) is 9.36. The summed E-state index contributed by atoms with van der Waals surface area (Å²) < 4.78 is 4.79. The number of nitrogens with zero attached hydrogens (tertiary/aromatic N) is 4. The molecule has 0 spiro atoms. The Morgan fingerprint density at radius 2 is 0.914 bits per heavy atom. The summed E-state index contributed by atoms with van der Waals surface area (Å²) in [6, 6.07) is 70.2. The molecule has 4 nitrogen and oxygen atoms in total. The summed E-state index contributed by atoms with van der Waals surface area (Å²) in [6.07, 6.45) is 0. The fraction of sp³-hybridized carbons (Fsp3) is 0. The van der Waals surface area contributed by atoms with E-state index in [1.807, 2.05) is 12.1 Å². The summed E-state index contributed by atoms with van der Waals surface area (Å²) in [7, 11) is 0. The Kier molecular flexibility index (Phi) is 6.41. The molecule has 3 heterocycles. The van der Waals surface area contributed by atoms with Gasteiger partial charge in [0.1, 0.15) is 5.69 Å². The van der Waals surface area contributed by atoms with Crippen molar-refractivity contribution in [1.82, 2.24) is 19.1 Å². The Morgan fingerprint density at radius 3 is 1.76 bits per heavy atom. The molecule has 0 aliphatic rings. The highest BCUT2D eigenvalue weighted by atomic mass is 15.1. The summed E-state index contributed by atoms with van der Waals surface area (Å²) >= 11 is 0. The maximum atomic E-state index is 5.45. The van der Waals surface area contributed by atoms with E-state index in [9.17, 15) is 0 Å². The Balaban J connectivity index is 1.10. The van der Waals surface area contributed by atoms with Crippen LogP contribution in [-0.2, 0) is 0 Å². The number of rotatable bonds is 3. The third kappa shape index (κ3) is 4.40. The third-order valence-corrected chi connectivity index (χ3v) is 12.2. The molecular weight excluding hydrogens is 705 g/mol. The van der Waals surface area contributed by atoms with Gasteiger partial charge in [0.2, 0.25) is 0 Å². The van der Waals surface area contributed by atoms with Crippen LogP contribution in [0.4, 0.5) is 0 Å². The lowest BCUT2D eigenvalue weighted by Crippen LogP contribution is -2.04. The molecule has 4 heteroatoms. The van der Waals surface area contributed by atoms with E-state index in [1.165, 1.54) is 70.3 Å². The van der Waals surface area contributed by atoms with E-state index in [1.54, 1.807) is 0 Å². The molecule has 0 atom stereocenters. The SMILES string of the molecule is c1cc(-n2c3ccccc3c3c4ccccc4ccc32)c2cc3c4ccccc4n(-c4nc5ccccc5nc4-c4ccc5c(ccc6ccccc65)c4)c3cc2c1. The minimum atomic E-state index is 0.815. The van der Waals surface area contributed by atoms with Crippen molar-refractivity contribution in [2.24, 2.45) is 0 Å². The van der Waals surface area contributed by atoms with E-state index in [4.69, 9.17) is 9.97 Å². The molecule has 58 heavy (non-hydrogen) atoms. The molecule has 10 aromatic carbocycles. The normalized spacial score (nSPS) is 12.1. The molecule has 0 aliphatic heterocycles. The van der Waals surface area contributed by atoms with Crippen LogP contribution in [0, 0.1) is 0 Å². The van der Waals surface area contributed by atoms with Crippen molar-refractivity contribution < 1.29 is 0 Å². The number of hydrogen-bond acceptors (Lipinski definition) is 2. The van der Waals surface area contributed by atoms with Crippen molar-refractivity contribution in [2.45, 2.75) is 0 Å². The number of benzene rings is 10. The van der Waals surface area contributed by atoms with Crippen molar-refractivity contribution in [1.29, 1.82) is 0 Å². The Labute approximate surface area is 332 Å². The van der Waals surface area contributed by atoms with E-state index in [2.05, 4.69) is 191 Å². The van der Waals surface area contributed by atoms with Gasteiger partial charge in [-0.15, -0.1) is 0 Å². The van der Waals surface area contributed by atoms with Crippen LogP contribution in [0.2, 0.25) is 0 Å². The summed E-state index contributed by atoms with van der Waals surface area (Å²) in [4.78, 5) is 10.8. The molecule has 0 amide bonds. The smallest absolute Gasteiger partial charge is 0.165 e. The van der Waals surface area contributed by atoms with E-state index in [0.717, 1.165) is 50.2 Å². The maximum Gasteiger partial charge on any atom is 0.165 e. The highest BCUT2D eigenvalue weighted by Gasteiger charge is 2.22. The second-order valence-corrected chi connectivity index (χ2v) is 15.4. The summed E-state index contributed by atoms with van der Waals surface area (Å²) in [5.74, 6) is 0.815. The molecule has 13 aromatic rings. The Morgan fingerprint density at radius 1 is 0.310 bits per heavy atom. The number of para-hydroxylation sites is 4.